The minimum atomic E-state index is 0. The quantitative estimate of drug-likeness (QED) is 0.146. The molecule has 2 rings (SSSR count). The van der Waals surface area contributed by atoms with Crippen molar-refractivity contribution in [3.63, 3.8) is 0 Å². The van der Waals surface area contributed by atoms with Crippen LogP contribution in [0.25, 0.3) is 0 Å². The zero-order valence-electron chi connectivity index (χ0n) is 22.9. The Morgan fingerprint density at radius 2 is 0.778 bits per heavy atom. The number of hydrogen-bond acceptors (Lipinski definition) is 2. The van der Waals surface area contributed by atoms with Gasteiger partial charge in [0.05, 0.1) is 0 Å². The molecule has 0 amide bonds. The third-order valence-corrected chi connectivity index (χ3v) is 7.06. The van der Waals surface area contributed by atoms with Crippen LogP contribution in [0.15, 0.2) is 36.7 Å². The molecule has 36 heavy (non-hydrogen) atoms. The van der Waals surface area contributed by atoms with Crippen LogP contribution in [0.1, 0.15) is 115 Å². The summed E-state index contributed by atoms with van der Waals surface area (Å²) in [5, 5.41) is 16.2. The second-order valence-corrected chi connectivity index (χ2v) is 9.88. The summed E-state index contributed by atoms with van der Waals surface area (Å²) in [6, 6.07) is 8.31. The molecule has 0 aliphatic heterocycles. The van der Waals surface area contributed by atoms with Gasteiger partial charge in [-0.3, -0.25) is 10.8 Å². The van der Waals surface area contributed by atoms with Gasteiger partial charge in [-0.25, -0.2) is 0 Å². The Morgan fingerprint density at radius 3 is 1.03 bits per heavy atom. The number of rotatable bonds is 19. The predicted molar refractivity (Wildman–Crippen MR) is 165 cm³/mol. The summed E-state index contributed by atoms with van der Waals surface area (Å²) in [6.45, 7) is 6.26. The van der Waals surface area contributed by atoms with Crippen LogP contribution in [0, 0.1) is 10.8 Å². The highest BCUT2D eigenvalue weighted by Crippen LogP contribution is 2.13. The average Bonchev–Trinajstić information content (AvgIpc) is 2.85. The van der Waals surface area contributed by atoms with Crippen molar-refractivity contribution in [1.82, 2.24) is 9.13 Å². The van der Waals surface area contributed by atoms with Gasteiger partial charge in [-0.15, -0.1) is 34.0 Å². The molecule has 0 spiro atoms. The Morgan fingerprint density at radius 1 is 0.500 bits per heavy atom. The van der Waals surface area contributed by atoms with Crippen molar-refractivity contribution in [2.75, 3.05) is 0 Å². The van der Waals surface area contributed by atoms with Gasteiger partial charge in [-0.1, -0.05) is 90.9 Å². The Kier molecular flexibility index (Phi) is 21.2. The van der Waals surface area contributed by atoms with Crippen LogP contribution < -0.4 is 11.0 Å². The van der Waals surface area contributed by atoms with Gasteiger partial charge >= 0.3 is 0 Å². The maximum Gasteiger partial charge on any atom is 0.124 e. The molecule has 2 aromatic rings. The fourth-order valence-corrected chi connectivity index (χ4v) is 4.66. The number of hydrogen-bond donors (Lipinski definition) is 2. The van der Waals surface area contributed by atoms with Gasteiger partial charge in [-0.05, 0) is 61.1 Å². The van der Waals surface area contributed by atoms with Crippen LogP contribution >= 0.6 is 34.0 Å². The monoisotopic (exact) mass is 626 g/mol. The zero-order valence-corrected chi connectivity index (χ0v) is 26.3. The first-order chi connectivity index (χ1) is 16.6. The predicted octanol–water partition coefficient (Wildman–Crippen LogP) is 8.69. The normalized spacial score (nSPS) is 10.6. The van der Waals surface area contributed by atoms with Crippen LogP contribution in [-0.4, -0.2) is 9.13 Å². The average molecular weight is 629 g/mol. The first-order valence-electron chi connectivity index (χ1n) is 14.1. The summed E-state index contributed by atoms with van der Waals surface area (Å²) in [7, 11) is 0. The molecule has 2 aromatic heterocycles. The Bertz CT molecular complexity index is 844. The summed E-state index contributed by atoms with van der Waals surface area (Å²) in [5.41, 5.74) is 3.82. The van der Waals surface area contributed by atoms with E-state index >= 15 is 0 Å². The molecule has 2 N–H and O–H groups in total. The minimum absolute atomic E-state index is 0. The number of nitrogens with one attached hydrogen (secondary N) is 2. The Balaban J connectivity index is 0.00000612. The Hall–Kier alpha value is -1.14. The van der Waals surface area contributed by atoms with Gasteiger partial charge in [0, 0.05) is 25.5 Å². The molecule has 0 fully saturated rings. The molecule has 0 radical (unpaired) electrons. The van der Waals surface area contributed by atoms with E-state index in [4.69, 9.17) is 10.8 Å². The highest BCUT2D eigenvalue weighted by molar-refractivity contribution is 8.93. The van der Waals surface area contributed by atoms with Crippen LogP contribution in [0.2, 0.25) is 0 Å². The molecule has 0 aliphatic rings. The van der Waals surface area contributed by atoms with Gasteiger partial charge < -0.3 is 9.13 Å². The van der Waals surface area contributed by atoms with E-state index < -0.39 is 0 Å². The largest absolute Gasteiger partial charge is 0.334 e. The lowest BCUT2D eigenvalue weighted by Gasteiger charge is -2.08. The summed E-state index contributed by atoms with van der Waals surface area (Å²) < 4.78 is 4.16. The smallest absolute Gasteiger partial charge is 0.124 e. The second-order valence-electron chi connectivity index (χ2n) is 9.88. The van der Waals surface area contributed by atoms with Crippen molar-refractivity contribution in [3.8, 4) is 0 Å². The van der Waals surface area contributed by atoms with Crippen LogP contribution in [0.4, 0.5) is 0 Å². The second kappa shape index (κ2) is 21.9. The van der Waals surface area contributed by atoms with Crippen molar-refractivity contribution < 1.29 is 0 Å². The molecule has 0 aromatic carbocycles. The highest BCUT2D eigenvalue weighted by atomic mass is 79.9. The molecule has 0 bridgehead atoms. The number of unbranched alkanes of at least 4 members (excludes halogenated alkanes) is 13. The first-order valence-corrected chi connectivity index (χ1v) is 14.1. The molecule has 0 atom stereocenters. The molecule has 0 unspecified atom stereocenters. The molecule has 6 heteroatoms. The number of aromatic nitrogens is 2. The third-order valence-electron chi connectivity index (χ3n) is 7.06. The van der Waals surface area contributed by atoms with Gasteiger partial charge in [0.15, 0.2) is 0 Å². The number of pyridine rings is 2. The number of halogens is 2. The molecule has 4 nitrogen and oxygen atoms in total. The molecule has 2 heterocycles. The molecular weight excluding hydrogens is 576 g/mol. The van der Waals surface area contributed by atoms with Crippen molar-refractivity contribution in [2.45, 2.75) is 130 Å². The van der Waals surface area contributed by atoms with Crippen molar-refractivity contribution in [3.05, 3.63) is 58.8 Å². The van der Waals surface area contributed by atoms with E-state index in [2.05, 4.69) is 47.5 Å². The molecule has 0 saturated carbocycles. The summed E-state index contributed by atoms with van der Waals surface area (Å²) in [4.78, 5) is 0. The minimum Gasteiger partial charge on any atom is -0.334 e. The van der Waals surface area contributed by atoms with Crippen LogP contribution in [0.3, 0.4) is 0 Å². The maximum absolute atomic E-state index is 8.10. The molecule has 206 valence electrons. The number of nitrogens with zero attached hydrogens (tertiary/aromatic N) is 2. The Labute approximate surface area is 241 Å². The first kappa shape index (κ1) is 34.9. The standard InChI is InChI=1S/C30H50N4.2BrH/c1-3-27-19-23-33(29(31)25-27)21-17-15-13-11-9-7-5-6-8-10-12-14-16-18-22-34-24-20-28(4-2)26-30(34)32;;/h19-20,23-26,31-32H,3-18,21-22H2,1-2H3;2*1H. The van der Waals surface area contributed by atoms with Crippen LogP contribution in [0.5, 0.6) is 0 Å². The van der Waals surface area contributed by atoms with Gasteiger partial charge in [0.25, 0.3) is 0 Å². The van der Waals surface area contributed by atoms with Crippen molar-refractivity contribution in [1.29, 1.82) is 10.8 Å². The lowest BCUT2D eigenvalue weighted by atomic mass is 10.0. The topological polar surface area (TPSA) is 57.6 Å². The van der Waals surface area contributed by atoms with E-state index in [1.54, 1.807) is 0 Å². The maximum atomic E-state index is 8.10. The van der Waals surface area contributed by atoms with Gasteiger partial charge in [0.2, 0.25) is 0 Å². The van der Waals surface area contributed by atoms with E-state index in [1.807, 2.05) is 12.1 Å². The third kappa shape index (κ3) is 14.6. The summed E-state index contributed by atoms with van der Waals surface area (Å²) in [5.74, 6) is 0. The van der Waals surface area contributed by atoms with E-state index in [9.17, 15) is 0 Å². The van der Waals surface area contributed by atoms with Gasteiger partial charge in [0.1, 0.15) is 11.0 Å². The summed E-state index contributed by atoms with van der Waals surface area (Å²) >= 11 is 0. The highest BCUT2D eigenvalue weighted by Gasteiger charge is 1.98. The lowest BCUT2D eigenvalue weighted by molar-refractivity contribution is 0.511. The van der Waals surface area contributed by atoms with Crippen molar-refractivity contribution >= 4 is 34.0 Å². The SMILES string of the molecule is Br.Br.CCc1ccn(CCCCCCCCCCCCCCCCn2ccc(CC)cc2=N)c(=N)c1. The zero-order chi connectivity index (χ0) is 24.4. The fraction of sp³-hybridized carbons (Fsp3) is 0.667. The van der Waals surface area contributed by atoms with E-state index in [1.165, 1.54) is 101 Å². The van der Waals surface area contributed by atoms with E-state index in [-0.39, 0.29) is 34.0 Å². The fourth-order valence-electron chi connectivity index (χ4n) is 4.66. The lowest BCUT2D eigenvalue weighted by Crippen LogP contribution is -2.19. The molecular formula is C30H52Br2N4. The van der Waals surface area contributed by atoms with Crippen molar-refractivity contribution in [2.24, 2.45) is 0 Å². The number of aryl methyl sites for hydroxylation is 4. The van der Waals surface area contributed by atoms with Crippen LogP contribution in [-0.2, 0) is 25.9 Å². The van der Waals surface area contributed by atoms with E-state index in [0.29, 0.717) is 11.0 Å². The molecule has 0 saturated heterocycles. The molecule has 0 aliphatic carbocycles. The van der Waals surface area contributed by atoms with E-state index in [0.717, 1.165) is 25.9 Å². The van der Waals surface area contributed by atoms with Gasteiger partial charge in [-0.2, -0.15) is 0 Å². The summed E-state index contributed by atoms with van der Waals surface area (Å²) in [6.07, 6.45) is 24.9.